The van der Waals surface area contributed by atoms with E-state index in [4.69, 9.17) is 9.47 Å². The molecule has 92 valence electrons. The lowest BCUT2D eigenvalue weighted by Gasteiger charge is -2.26. The van der Waals surface area contributed by atoms with Crippen molar-refractivity contribution in [3.05, 3.63) is 0 Å². The summed E-state index contributed by atoms with van der Waals surface area (Å²) in [6, 6.07) is 0. The zero-order chi connectivity index (χ0) is 12.0. The first kappa shape index (κ1) is 13.0. The SMILES string of the molecule is CCOC(=O)[C@@H]1CCC[C@@H](C(=O)OCC)C1. The van der Waals surface area contributed by atoms with Crippen LogP contribution in [0.1, 0.15) is 39.5 Å². The van der Waals surface area contributed by atoms with Crippen LogP contribution in [0.5, 0.6) is 0 Å². The minimum absolute atomic E-state index is 0.122. The normalized spacial score (nSPS) is 24.9. The fraction of sp³-hybridized carbons (Fsp3) is 0.833. The second-order valence-corrected chi connectivity index (χ2v) is 4.06. The Labute approximate surface area is 96.3 Å². The molecule has 1 fully saturated rings. The maximum Gasteiger partial charge on any atom is 0.308 e. The van der Waals surface area contributed by atoms with Crippen LogP contribution in [0.4, 0.5) is 0 Å². The maximum absolute atomic E-state index is 11.5. The highest BCUT2D eigenvalue weighted by Crippen LogP contribution is 2.30. The van der Waals surface area contributed by atoms with Crippen molar-refractivity contribution in [1.82, 2.24) is 0 Å². The molecule has 0 unspecified atom stereocenters. The summed E-state index contributed by atoms with van der Waals surface area (Å²) in [6.45, 7) is 4.39. The molecular formula is C12H20O4. The van der Waals surface area contributed by atoms with E-state index in [0.29, 0.717) is 19.6 Å². The largest absolute Gasteiger partial charge is 0.466 e. The van der Waals surface area contributed by atoms with Crippen LogP contribution in [-0.2, 0) is 19.1 Å². The average molecular weight is 228 g/mol. The van der Waals surface area contributed by atoms with E-state index < -0.39 is 0 Å². The molecule has 0 aromatic carbocycles. The van der Waals surface area contributed by atoms with Gasteiger partial charge in [-0.25, -0.2) is 0 Å². The molecule has 0 heterocycles. The number of esters is 2. The Balaban J connectivity index is 2.46. The monoisotopic (exact) mass is 228 g/mol. The highest BCUT2D eigenvalue weighted by molar-refractivity contribution is 5.76. The van der Waals surface area contributed by atoms with E-state index in [1.54, 1.807) is 13.8 Å². The highest BCUT2D eigenvalue weighted by atomic mass is 16.5. The zero-order valence-electron chi connectivity index (χ0n) is 10.0. The van der Waals surface area contributed by atoms with Gasteiger partial charge >= 0.3 is 11.9 Å². The van der Waals surface area contributed by atoms with Crippen molar-refractivity contribution < 1.29 is 19.1 Å². The van der Waals surface area contributed by atoms with Gasteiger partial charge in [-0.15, -0.1) is 0 Å². The van der Waals surface area contributed by atoms with E-state index in [1.807, 2.05) is 0 Å². The third-order valence-electron chi connectivity index (χ3n) is 2.91. The molecule has 2 atom stereocenters. The number of rotatable bonds is 4. The van der Waals surface area contributed by atoms with E-state index in [-0.39, 0.29) is 23.8 Å². The van der Waals surface area contributed by atoms with Crippen molar-refractivity contribution >= 4 is 11.9 Å². The molecule has 1 aliphatic carbocycles. The quantitative estimate of drug-likeness (QED) is 0.690. The second kappa shape index (κ2) is 6.51. The lowest BCUT2D eigenvalue weighted by atomic mass is 9.81. The molecule has 0 aliphatic heterocycles. The molecular weight excluding hydrogens is 208 g/mol. The smallest absolute Gasteiger partial charge is 0.308 e. The Morgan fingerprint density at radius 3 is 1.81 bits per heavy atom. The van der Waals surface area contributed by atoms with E-state index in [1.165, 1.54) is 0 Å². The van der Waals surface area contributed by atoms with Gasteiger partial charge < -0.3 is 9.47 Å². The Hall–Kier alpha value is -1.06. The summed E-state index contributed by atoms with van der Waals surface area (Å²) in [6.07, 6.45) is 3.13. The topological polar surface area (TPSA) is 52.6 Å². The van der Waals surface area contributed by atoms with Crippen molar-refractivity contribution in [2.24, 2.45) is 11.8 Å². The minimum Gasteiger partial charge on any atom is -0.466 e. The molecule has 0 spiro atoms. The van der Waals surface area contributed by atoms with Gasteiger partial charge in [0.05, 0.1) is 25.0 Å². The number of hydrogen-bond donors (Lipinski definition) is 0. The van der Waals surface area contributed by atoms with Crippen molar-refractivity contribution in [2.45, 2.75) is 39.5 Å². The summed E-state index contributed by atoms with van der Waals surface area (Å²) >= 11 is 0. The van der Waals surface area contributed by atoms with Gasteiger partial charge in [-0.3, -0.25) is 9.59 Å². The first-order valence-corrected chi connectivity index (χ1v) is 6.02. The van der Waals surface area contributed by atoms with Gasteiger partial charge in [0.1, 0.15) is 0 Å². The molecule has 16 heavy (non-hydrogen) atoms. The summed E-state index contributed by atoms with van der Waals surface area (Å²) < 4.78 is 9.96. The van der Waals surface area contributed by atoms with Crippen LogP contribution < -0.4 is 0 Å². The Morgan fingerprint density at radius 1 is 1.00 bits per heavy atom. The van der Waals surface area contributed by atoms with Gasteiger partial charge in [-0.05, 0) is 33.1 Å². The Bertz CT molecular complexity index is 225. The van der Waals surface area contributed by atoms with Gasteiger partial charge in [0.2, 0.25) is 0 Å². The summed E-state index contributed by atoms with van der Waals surface area (Å²) in [5.74, 6) is -0.584. The van der Waals surface area contributed by atoms with Crippen molar-refractivity contribution in [3.8, 4) is 0 Å². The summed E-state index contributed by atoms with van der Waals surface area (Å²) in [5.41, 5.74) is 0. The molecule has 1 rings (SSSR count). The van der Waals surface area contributed by atoms with Crippen LogP contribution in [-0.4, -0.2) is 25.2 Å². The zero-order valence-corrected chi connectivity index (χ0v) is 10.0. The molecule has 0 radical (unpaired) electrons. The van der Waals surface area contributed by atoms with Crippen LogP contribution >= 0.6 is 0 Å². The van der Waals surface area contributed by atoms with Gasteiger partial charge in [0, 0.05) is 0 Å². The molecule has 4 heteroatoms. The molecule has 0 aromatic rings. The Kier molecular flexibility index (Phi) is 5.29. The van der Waals surface area contributed by atoms with E-state index in [0.717, 1.165) is 19.3 Å². The van der Waals surface area contributed by atoms with Crippen LogP contribution in [0, 0.1) is 11.8 Å². The van der Waals surface area contributed by atoms with Crippen molar-refractivity contribution in [2.75, 3.05) is 13.2 Å². The number of hydrogen-bond acceptors (Lipinski definition) is 4. The van der Waals surface area contributed by atoms with Gasteiger partial charge in [-0.2, -0.15) is 0 Å². The van der Waals surface area contributed by atoms with Gasteiger partial charge in [0.15, 0.2) is 0 Å². The molecule has 1 aliphatic rings. The second-order valence-electron chi connectivity index (χ2n) is 4.06. The standard InChI is InChI=1S/C12H20O4/c1-3-15-11(13)9-6-5-7-10(8-9)12(14)16-4-2/h9-10H,3-8H2,1-2H3/t9-,10-/m1/s1. The average Bonchev–Trinajstić information content (AvgIpc) is 2.30. The first-order valence-electron chi connectivity index (χ1n) is 6.02. The predicted molar refractivity (Wildman–Crippen MR) is 58.7 cm³/mol. The lowest BCUT2D eigenvalue weighted by Crippen LogP contribution is -2.29. The number of carbonyl (C=O) groups excluding carboxylic acids is 2. The van der Waals surface area contributed by atoms with Crippen LogP contribution in [0.15, 0.2) is 0 Å². The summed E-state index contributed by atoms with van der Waals surface area (Å²) in [7, 11) is 0. The molecule has 0 saturated heterocycles. The van der Waals surface area contributed by atoms with Crippen LogP contribution in [0.3, 0.4) is 0 Å². The molecule has 0 amide bonds. The fourth-order valence-electron chi connectivity index (χ4n) is 2.14. The van der Waals surface area contributed by atoms with E-state index in [2.05, 4.69) is 0 Å². The third kappa shape index (κ3) is 3.51. The number of ether oxygens (including phenoxy) is 2. The van der Waals surface area contributed by atoms with Gasteiger partial charge in [-0.1, -0.05) is 6.42 Å². The number of carbonyl (C=O) groups is 2. The maximum atomic E-state index is 11.5. The lowest BCUT2D eigenvalue weighted by molar-refractivity contribution is -0.154. The summed E-state index contributed by atoms with van der Waals surface area (Å²) in [4.78, 5) is 23.1. The highest BCUT2D eigenvalue weighted by Gasteiger charge is 2.32. The van der Waals surface area contributed by atoms with Crippen molar-refractivity contribution in [1.29, 1.82) is 0 Å². The first-order chi connectivity index (χ1) is 7.69. The fourth-order valence-corrected chi connectivity index (χ4v) is 2.14. The summed E-state index contributed by atoms with van der Waals surface area (Å²) in [5, 5.41) is 0. The van der Waals surface area contributed by atoms with Crippen molar-refractivity contribution in [3.63, 3.8) is 0 Å². The van der Waals surface area contributed by atoms with Gasteiger partial charge in [0.25, 0.3) is 0 Å². The molecule has 4 nitrogen and oxygen atoms in total. The molecule has 0 bridgehead atoms. The van der Waals surface area contributed by atoms with Crippen LogP contribution in [0.25, 0.3) is 0 Å². The van der Waals surface area contributed by atoms with E-state index in [9.17, 15) is 9.59 Å². The minimum atomic E-state index is -0.170. The predicted octanol–water partition coefficient (Wildman–Crippen LogP) is 1.92. The van der Waals surface area contributed by atoms with Crippen LogP contribution in [0.2, 0.25) is 0 Å². The molecule has 0 N–H and O–H groups in total. The van der Waals surface area contributed by atoms with E-state index >= 15 is 0 Å². The Morgan fingerprint density at radius 2 is 1.44 bits per heavy atom. The third-order valence-corrected chi connectivity index (χ3v) is 2.91. The molecule has 1 saturated carbocycles. The molecule has 0 aromatic heterocycles.